The van der Waals surface area contributed by atoms with Crippen molar-refractivity contribution in [1.82, 2.24) is 16.0 Å². The molecule has 42 heavy (non-hydrogen) atoms. The smallest absolute Gasteiger partial charge is 0.412 e. The molecule has 0 radical (unpaired) electrons. The zero-order valence-electron chi connectivity index (χ0n) is 24.3. The summed E-state index contributed by atoms with van der Waals surface area (Å²) in [6.07, 6.45) is 1.40. The van der Waals surface area contributed by atoms with Gasteiger partial charge in [0, 0.05) is 50.5 Å². The molecule has 0 aliphatic heterocycles. The maximum Gasteiger partial charge on any atom is 0.412 e. The van der Waals surface area contributed by atoms with Crippen LogP contribution in [0.25, 0.3) is 6.08 Å². The Labute approximate surface area is 245 Å². The maximum absolute atomic E-state index is 12.9. The van der Waals surface area contributed by atoms with Crippen LogP contribution < -0.4 is 39.6 Å². The molecule has 13 nitrogen and oxygen atoms in total. The molecular weight excluding hydrogens is 570 g/mol. The van der Waals surface area contributed by atoms with Gasteiger partial charge < -0.3 is 39.6 Å². The molecule has 0 unspecified atom stereocenters. The van der Waals surface area contributed by atoms with Crippen LogP contribution in [0.1, 0.15) is 30.4 Å². The van der Waals surface area contributed by atoms with E-state index in [1.165, 1.54) is 53.7 Å². The summed E-state index contributed by atoms with van der Waals surface area (Å²) in [5, 5.41) is 8.66. The second-order valence-electron chi connectivity index (χ2n) is 8.73. The molecule has 0 atom stereocenters. The van der Waals surface area contributed by atoms with Crippen LogP contribution in [0, 0.1) is 0 Å². The van der Waals surface area contributed by atoms with Crippen LogP contribution in [-0.2, 0) is 25.2 Å². The lowest BCUT2D eigenvalue weighted by atomic mass is 10.1. The summed E-state index contributed by atoms with van der Waals surface area (Å²) in [7, 11) is 3.51. The molecule has 2 rings (SSSR count). The van der Waals surface area contributed by atoms with Gasteiger partial charge in [-0.25, -0.2) is 13.2 Å². The molecule has 0 saturated heterocycles. The van der Waals surface area contributed by atoms with Gasteiger partial charge in [-0.3, -0.25) is 9.59 Å². The lowest BCUT2D eigenvalue weighted by molar-refractivity contribution is -0.122. The molecule has 2 aromatic carbocycles. The first-order chi connectivity index (χ1) is 20.0. The fourth-order valence-electron chi connectivity index (χ4n) is 3.67. The van der Waals surface area contributed by atoms with Gasteiger partial charge in [-0.2, -0.15) is 0 Å². The Morgan fingerprint density at radius 2 is 1.40 bits per heavy atom. The number of nitrogens with one attached hydrogen (secondary N) is 3. The summed E-state index contributed by atoms with van der Waals surface area (Å²) in [6.45, 7) is 0.235. The molecule has 0 aliphatic rings. The Balaban J connectivity index is 2.01. The summed E-state index contributed by atoms with van der Waals surface area (Å²) in [4.78, 5) is 35.3. The van der Waals surface area contributed by atoms with Crippen molar-refractivity contribution >= 4 is 33.8 Å². The third kappa shape index (κ3) is 10.8. The minimum atomic E-state index is -3.78. The Morgan fingerprint density at radius 1 is 0.786 bits per heavy atom. The minimum absolute atomic E-state index is 0.0170. The predicted octanol–water partition coefficient (Wildman–Crippen LogP) is 2.43. The number of sulfone groups is 1. The number of hydrogen-bond donors (Lipinski definition) is 3. The van der Waals surface area contributed by atoms with E-state index in [0.717, 1.165) is 5.41 Å². The highest BCUT2D eigenvalue weighted by Crippen LogP contribution is 2.35. The number of benzene rings is 2. The van der Waals surface area contributed by atoms with E-state index in [2.05, 4.69) is 16.0 Å². The van der Waals surface area contributed by atoms with Gasteiger partial charge in [-0.1, -0.05) is 6.07 Å². The van der Waals surface area contributed by atoms with E-state index in [0.29, 0.717) is 34.8 Å². The molecule has 3 N–H and O–H groups in total. The molecule has 14 heteroatoms. The van der Waals surface area contributed by atoms with Crippen LogP contribution in [0.15, 0.2) is 35.7 Å². The van der Waals surface area contributed by atoms with Gasteiger partial charge >= 0.3 is 6.09 Å². The largest absolute Gasteiger partial charge is 0.496 e. The number of rotatable bonds is 16. The fraction of sp³-hybridized carbons (Fsp3) is 0.393. The average molecular weight is 608 g/mol. The highest BCUT2D eigenvalue weighted by molar-refractivity contribution is 7.93. The third-order valence-electron chi connectivity index (χ3n) is 5.80. The number of ether oxygens (including phenoxy) is 5. The van der Waals surface area contributed by atoms with Crippen molar-refractivity contribution in [2.75, 3.05) is 48.6 Å². The van der Waals surface area contributed by atoms with E-state index >= 15 is 0 Å². The zero-order chi connectivity index (χ0) is 31.1. The fourth-order valence-corrected chi connectivity index (χ4v) is 4.75. The Kier molecular flexibility index (Phi) is 13.4. The molecule has 0 spiro atoms. The number of amides is 3. The van der Waals surface area contributed by atoms with Crippen molar-refractivity contribution in [1.29, 1.82) is 0 Å². The minimum Gasteiger partial charge on any atom is -0.496 e. The summed E-state index contributed by atoms with van der Waals surface area (Å²) >= 11 is 0. The number of hydrogen-bond acceptors (Lipinski definition) is 10. The van der Waals surface area contributed by atoms with Gasteiger partial charge in [0.15, 0.2) is 21.3 Å². The number of carbonyl (C=O) groups excluding carboxylic acids is 3. The van der Waals surface area contributed by atoms with Crippen molar-refractivity contribution in [3.05, 3.63) is 46.9 Å². The lowest BCUT2D eigenvalue weighted by Crippen LogP contribution is -2.36. The van der Waals surface area contributed by atoms with Gasteiger partial charge in [0.1, 0.15) is 17.2 Å². The van der Waals surface area contributed by atoms with Crippen LogP contribution in [0.5, 0.6) is 28.7 Å². The SMILES string of the molecule is CNC(=O)CCCC(=O)NCCNC(=O)Oc1cc(CS(=O)(=O)/C=C/c2c(OC)cc(OC)cc2OC)ccc1OC. The van der Waals surface area contributed by atoms with E-state index < -0.39 is 21.7 Å². The molecular formula is C28H37N3O10S. The van der Waals surface area contributed by atoms with Crippen molar-refractivity contribution in [2.45, 2.75) is 25.0 Å². The Bertz CT molecular complexity index is 1350. The van der Waals surface area contributed by atoms with E-state index in [-0.39, 0.29) is 49.2 Å². The van der Waals surface area contributed by atoms with Crippen molar-refractivity contribution in [2.24, 2.45) is 0 Å². The molecule has 3 amide bonds. The van der Waals surface area contributed by atoms with Gasteiger partial charge in [0.2, 0.25) is 11.8 Å². The Morgan fingerprint density at radius 3 is 2.00 bits per heavy atom. The van der Waals surface area contributed by atoms with Crippen molar-refractivity contribution < 1.29 is 46.5 Å². The van der Waals surface area contributed by atoms with Crippen LogP contribution >= 0.6 is 0 Å². The number of carbonyl (C=O) groups is 3. The maximum atomic E-state index is 12.9. The molecule has 0 aromatic heterocycles. The second kappa shape index (κ2) is 16.7. The summed E-state index contributed by atoms with van der Waals surface area (Å²) in [5.41, 5.74) is 0.765. The van der Waals surface area contributed by atoms with Crippen LogP contribution in [-0.4, -0.2) is 74.9 Å². The molecule has 0 saturated carbocycles. The average Bonchev–Trinajstić information content (AvgIpc) is 2.97. The lowest BCUT2D eigenvalue weighted by Gasteiger charge is -2.13. The molecule has 230 valence electrons. The highest BCUT2D eigenvalue weighted by atomic mass is 32.2. The summed E-state index contributed by atoms with van der Waals surface area (Å²) in [6, 6.07) is 7.65. The van der Waals surface area contributed by atoms with E-state index in [4.69, 9.17) is 23.7 Å². The quantitative estimate of drug-likeness (QED) is 0.241. The first-order valence-electron chi connectivity index (χ1n) is 12.9. The molecule has 0 aliphatic carbocycles. The van der Waals surface area contributed by atoms with Crippen LogP contribution in [0.2, 0.25) is 0 Å². The highest BCUT2D eigenvalue weighted by Gasteiger charge is 2.16. The third-order valence-corrected chi connectivity index (χ3v) is 7.08. The zero-order valence-corrected chi connectivity index (χ0v) is 25.1. The first-order valence-corrected chi connectivity index (χ1v) is 14.6. The topological polar surface area (TPSA) is 168 Å². The van der Waals surface area contributed by atoms with E-state index in [9.17, 15) is 22.8 Å². The Hall–Kier alpha value is -4.46. The standard InChI is InChI=1S/C28H37N3O10S/c1-29-26(32)7-6-8-27(33)30-12-13-31-28(34)41-25-15-19(9-10-22(25)38-3)18-42(35,36)14-11-21-23(39-4)16-20(37-2)17-24(21)40-5/h9-11,14-17H,6-8,12-13,18H2,1-5H3,(H,29,32)(H,30,33)(H,31,34)/b14-11+. The monoisotopic (exact) mass is 607 g/mol. The first kappa shape index (κ1) is 33.7. The summed E-state index contributed by atoms with van der Waals surface area (Å²) in [5.74, 6) is 0.671. The van der Waals surface area contributed by atoms with Crippen LogP contribution in [0.4, 0.5) is 4.79 Å². The predicted molar refractivity (Wildman–Crippen MR) is 156 cm³/mol. The molecule has 0 fully saturated rings. The van der Waals surface area contributed by atoms with Gasteiger partial charge in [0.25, 0.3) is 0 Å². The van der Waals surface area contributed by atoms with E-state index in [1.54, 1.807) is 18.2 Å². The molecule has 0 heterocycles. The van der Waals surface area contributed by atoms with Crippen molar-refractivity contribution in [3.63, 3.8) is 0 Å². The van der Waals surface area contributed by atoms with Gasteiger partial charge in [0.05, 0.1) is 39.8 Å². The second-order valence-corrected chi connectivity index (χ2v) is 10.6. The van der Waals surface area contributed by atoms with Gasteiger partial charge in [-0.15, -0.1) is 0 Å². The molecule has 2 aromatic rings. The van der Waals surface area contributed by atoms with E-state index in [1.807, 2.05) is 0 Å². The number of methoxy groups -OCH3 is 4. The normalized spacial score (nSPS) is 11.0. The van der Waals surface area contributed by atoms with Gasteiger partial charge in [-0.05, 0) is 30.2 Å². The van der Waals surface area contributed by atoms with Crippen LogP contribution in [0.3, 0.4) is 0 Å². The summed E-state index contributed by atoms with van der Waals surface area (Å²) < 4.78 is 52.3. The molecule has 0 bridgehead atoms. The van der Waals surface area contributed by atoms with Crippen molar-refractivity contribution in [3.8, 4) is 28.7 Å².